The Morgan fingerprint density at radius 2 is 1.61 bits per heavy atom. The largest absolute Gasteiger partial charge is 0.497 e. The fourth-order valence-electron chi connectivity index (χ4n) is 10.3. The van der Waals surface area contributed by atoms with Crippen LogP contribution in [0.4, 0.5) is 4.79 Å². The second kappa shape index (κ2) is 23.7. The predicted octanol–water partition coefficient (Wildman–Crippen LogP) is 4.26. The van der Waals surface area contributed by atoms with Gasteiger partial charge in [-0.1, -0.05) is 32.9 Å². The van der Waals surface area contributed by atoms with Gasteiger partial charge in [-0.15, -0.1) is 0 Å². The van der Waals surface area contributed by atoms with E-state index in [1.165, 1.54) is 14.0 Å². The number of likely N-dealkylation sites (N-methyl/N-ethyl adjacent to an activating group) is 2. The van der Waals surface area contributed by atoms with Gasteiger partial charge in [-0.25, -0.2) is 10.2 Å². The number of aliphatic hydroxyl groups excluding tert-OH is 2. The van der Waals surface area contributed by atoms with Crippen molar-refractivity contribution in [3.8, 4) is 5.75 Å². The van der Waals surface area contributed by atoms with Crippen molar-refractivity contribution in [2.24, 2.45) is 22.9 Å². The predicted molar refractivity (Wildman–Crippen MR) is 251 cm³/mol. The lowest BCUT2D eigenvalue weighted by molar-refractivity contribution is -0.317. The molecule has 18 nitrogen and oxygen atoms in total. The zero-order valence-electron chi connectivity index (χ0n) is 42.9. The van der Waals surface area contributed by atoms with Gasteiger partial charge in [0.1, 0.15) is 35.3 Å². The number of nitrogens with one attached hydrogen (secondary N) is 1. The molecular weight excluding hydrogens is 869 g/mol. The first kappa shape index (κ1) is 56.6. The molecule has 1 amide bonds. The topological polar surface area (TPSA) is 220 Å². The second-order valence-corrected chi connectivity index (χ2v) is 20.5. The maximum atomic E-state index is 14.5. The highest BCUT2D eigenvalue weighted by Crippen LogP contribution is 2.41. The minimum absolute atomic E-state index is 0.0324. The van der Waals surface area contributed by atoms with E-state index in [1.54, 1.807) is 62.5 Å². The van der Waals surface area contributed by atoms with Crippen LogP contribution < -0.4 is 10.2 Å². The highest BCUT2D eigenvalue weighted by Gasteiger charge is 2.54. The number of ether oxygens (including phenoxy) is 8. The molecule has 1 unspecified atom stereocenters. The van der Waals surface area contributed by atoms with Crippen molar-refractivity contribution in [2.45, 2.75) is 199 Å². The number of esters is 1. The number of nitrogens with zero attached hydrogens (tertiary/aromatic N) is 3. The quantitative estimate of drug-likeness (QED) is 0.112. The van der Waals surface area contributed by atoms with Crippen molar-refractivity contribution in [1.29, 1.82) is 0 Å². The summed E-state index contributed by atoms with van der Waals surface area (Å²) in [5.74, 6) is -2.09. The molecule has 1 aromatic rings. The average molecular weight is 953 g/mol. The molecule has 18 atom stereocenters. The minimum Gasteiger partial charge on any atom is -0.497 e. The maximum absolute atomic E-state index is 14.5. The van der Waals surface area contributed by atoms with Gasteiger partial charge in [0.2, 0.25) is 0 Å². The van der Waals surface area contributed by atoms with E-state index < -0.39 is 102 Å². The Morgan fingerprint density at radius 1 is 0.970 bits per heavy atom. The van der Waals surface area contributed by atoms with Crippen LogP contribution in [0.3, 0.4) is 0 Å². The van der Waals surface area contributed by atoms with Crippen LogP contribution in [-0.2, 0) is 44.4 Å². The van der Waals surface area contributed by atoms with E-state index in [4.69, 9.17) is 37.9 Å². The summed E-state index contributed by atoms with van der Waals surface area (Å²) in [6, 6.07) is 6.65. The summed E-state index contributed by atoms with van der Waals surface area (Å²) in [5.41, 5.74) is -0.544. The van der Waals surface area contributed by atoms with Gasteiger partial charge in [0.15, 0.2) is 18.7 Å². The fourth-order valence-corrected chi connectivity index (χ4v) is 10.3. The number of methoxy groups -OCH3 is 2. The van der Waals surface area contributed by atoms with E-state index in [0.29, 0.717) is 25.1 Å². The van der Waals surface area contributed by atoms with Gasteiger partial charge in [0, 0.05) is 50.2 Å². The summed E-state index contributed by atoms with van der Waals surface area (Å²) in [5, 5.41) is 52.2. The Balaban J connectivity index is 1.70. The van der Waals surface area contributed by atoms with Crippen LogP contribution in [-0.4, -0.2) is 180 Å². The van der Waals surface area contributed by atoms with E-state index in [-0.39, 0.29) is 37.3 Å². The van der Waals surface area contributed by atoms with Crippen LogP contribution in [0.25, 0.3) is 0 Å². The van der Waals surface area contributed by atoms with Crippen molar-refractivity contribution in [1.82, 2.24) is 15.2 Å². The number of rotatable bonds is 12. The van der Waals surface area contributed by atoms with Crippen LogP contribution in [0.5, 0.6) is 5.75 Å². The van der Waals surface area contributed by atoms with E-state index in [9.17, 15) is 30.0 Å². The molecule has 0 spiro atoms. The van der Waals surface area contributed by atoms with Gasteiger partial charge in [0.25, 0.3) is 0 Å². The van der Waals surface area contributed by atoms with E-state index in [0.717, 1.165) is 11.3 Å². The zero-order valence-corrected chi connectivity index (χ0v) is 42.9. The molecule has 3 fully saturated rings. The smallest absolute Gasteiger partial charge is 0.428 e. The standard InChI is InChI=1S/C49H84N4O14/c1-17-37-49(11,59)41(55)32(7)53(14)26-27(2)24-47(9,58)42(66-45-39(54)36(52(12)13)23-29(4)62-45)30(5)40(31(6)44(56)64-37)65-38-25-48(10,61-16)43(33(8)63-38)67-46(57)51-50-28(3)22-34-18-20-35(60-15)21-19-34/h18-21,27,29-33,36-43,45,54-55,58-59H,17,22-26H2,1-16H3,(H,51,57)/b50-28-/t27-,29-,30+,31-,32-,33+,36+,37-,38+,39-,40+,41-,42-,43?,45+,47-,48-,49-/m1/s1. The van der Waals surface area contributed by atoms with Crippen molar-refractivity contribution in [3.05, 3.63) is 29.8 Å². The van der Waals surface area contributed by atoms with E-state index >= 15 is 0 Å². The van der Waals surface area contributed by atoms with Crippen molar-refractivity contribution >= 4 is 17.8 Å². The molecule has 18 heteroatoms. The fraction of sp³-hybridized carbons (Fsp3) is 0.816. The highest BCUT2D eigenvalue weighted by molar-refractivity contribution is 5.85. The molecule has 0 bridgehead atoms. The van der Waals surface area contributed by atoms with Crippen LogP contribution in [0.2, 0.25) is 0 Å². The molecule has 0 saturated carbocycles. The molecule has 3 aliphatic rings. The van der Waals surface area contributed by atoms with Gasteiger partial charge < -0.3 is 68.1 Å². The van der Waals surface area contributed by atoms with Gasteiger partial charge in [-0.2, -0.15) is 5.10 Å². The maximum Gasteiger partial charge on any atom is 0.428 e. The summed E-state index contributed by atoms with van der Waals surface area (Å²) in [6.07, 6.45) is -9.36. The zero-order chi connectivity index (χ0) is 50.3. The molecule has 0 radical (unpaired) electrons. The number of hydrazone groups is 1. The Morgan fingerprint density at radius 3 is 2.19 bits per heavy atom. The molecule has 1 aromatic carbocycles. The number of aliphatic hydroxyl groups is 4. The molecule has 3 aliphatic heterocycles. The van der Waals surface area contributed by atoms with Crippen LogP contribution in [0.15, 0.2) is 29.4 Å². The normalized spacial score (nSPS) is 41.2. The second-order valence-electron chi connectivity index (χ2n) is 20.5. The first-order valence-corrected chi connectivity index (χ1v) is 23.9. The number of carbonyl (C=O) groups excluding carboxylic acids is 2. The van der Waals surface area contributed by atoms with Gasteiger partial charge >= 0.3 is 12.1 Å². The summed E-state index contributed by atoms with van der Waals surface area (Å²) in [6.45, 7) is 19.7. The summed E-state index contributed by atoms with van der Waals surface area (Å²) < 4.78 is 49.8. The lowest BCUT2D eigenvalue weighted by Gasteiger charge is -2.49. The first-order chi connectivity index (χ1) is 31.2. The molecule has 3 heterocycles. The number of hydrogen-bond acceptors (Lipinski definition) is 17. The molecule has 384 valence electrons. The average Bonchev–Trinajstić information content (AvgIpc) is 3.26. The lowest BCUT2D eigenvalue weighted by atomic mass is 9.77. The Labute approximate surface area is 398 Å². The summed E-state index contributed by atoms with van der Waals surface area (Å²) in [7, 11) is 8.68. The number of cyclic esters (lactones) is 1. The number of hydrogen-bond donors (Lipinski definition) is 5. The Bertz CT molecular complexity index is 1770. The third kappa shape index (κ3) is 14.1. The van der Waals surface area contributed by atoms with Crippen LogP contribution in [0, 0.1) is 17.8 Å². The van der Waals surface area contributed by atoms with E-state index in [2.05, 4.69) is 10.5 Å². The Kier molecular flexibility index (Phi) is 20.0. The Hall–Kier alpha value is -3.01. The van der Waals surface area contributed by atoms with Crippen LogP contribution in [0.1, 0.15) is 107 Å². The molecular formula is C49H84N4O14. The van der Waals surface area contributed by atoms with Crippen molar-refractivity contribution in [2.75, 3.05) is 41.9 Å². The monoisotopic (exact) mass is 953 g/mol. The SMILES string of the molecule is CC[C@H]1OC(=O)[C@H](C)[C@@H](O[C@H]2C[C@@](C)(OC)C(OC(=O)N/N=C(/C)Cc3ccc(OC)cc3)[C@H](C)O2)[C@H](C)[C@@H](O[C@@H]2O[C@H](C)C[C@H](N(C)C)[C@H]2O)[C@](C)(O)C[C@@H](C)CN(C)[C@H](C)[C@@H](O)[C@]1(C)O. The molecule has 0 aromatic heterocycles. The van der Waals surface area contributed by atoms with Gasteiger partial charge in [-0.05, 0) is 119 Å². The minimum atomic E-state index is -1.85. The third-order valence-corrected chi connectivity index (χ3v) is 14.4. The molecule has 4 rings (SSSR count). The first-order valence-electron chi connectivity index (χ1n) is 23.9. The third-order valence-electron chi connectivity index (χ3n) is 14.4. The lowest BCUT2D eigenvalue weighted by Crippen LogP contribution is -2.61. The number of benzene rings is 1. The number of carbonyl (C=O) groups is 2. The molecule has 0 aliphatic carbocycles. The molecule has 3 saturated heterocycles. The van der Waals surface area contributed by atoms with Gasteiger partial charge in [0.05, 0.1) is 43.0 Å². The number of amides is 1. The molecule has 5 N–H and O–H groups in total. The summed E-state index contributed by atoms with van der Waals surface area (Å²) in [4.78, 5) is 31.6. The summed E-state index contributed by atoms with van der Waals surface area (Å²) >= 11 is 0. The van der Waals surface area contributed by atoms with Crippen LogP contribution >= 0.6 is 0 Å². The van der Waals surface area contributed by atoms with Crippen molar-refractivity contribution < 1.29 is 67.9 Å². The van der Waals surface area contributed by atoms with Crippen molar-refractivity contribution in [3.63, 3.8) is 0 Å². The van der Waals surface area contributed by atoms with Gasteiger partial charge in [-0.3, -0.25) is 4.79 Å². The molecule has 67 heavy (non-hydrogen) atoms. The highest BCUT2D eigenvalue weighted by atomic mass is 16.7. The van der Waals surface area contributed by atoms with E-state index in [1.807, 2.05) is 69.1 Å².